The number of amides is 1. The van der Waals surface area contributed by atoms with Gasteiger partial charge in [0.25, 0.3) is 5.91 Å². The molecule has 27 heavy (non-hydrogen) atoms. The van der Waals surface area contributed by atoms with Crippen LogP contribution in [0.5, 0.6) is 0 Å². The largest absolute Gasteiger partial charge is 0.459 e. The molecule has 2 aromatic rings. The molecule has 1 aliphatic rings. The summed E-state index contributed by atoms with van der Waals surface area (Å²) in [5.74, 6) is 1.29. The van der Waals surface area contributed by atoms with Gasteiger partial charge in [0.1, 0.15) is 0 Å². The summed E-state index contributed by atoms with van der Waals surface area (Å²) in [7, 11) is 0. The van der Waals surface area contributed by atoms with Crippen molar-refractivity contribution in [1.29, 1.82) is 0 Å². The predicted octanol–water partition coefficient (Wildman–Crippen LogP) is 2.71. The van der Waals surface area contributed by atoms with Crippen LogP contribution < -0.4 is 0 Å². The maximum Gasteiger partial charge on any atom is 0.289 e. The Balaban J connectivity index is 1.73. The number of carbonyl (C=O) groups is 1. The van der Waals surface area contributed by atoms with Crippen LogP contribution in [-0.2, 0) is 5.54 Å². The number of hydrogen-bond donors (Lipinski definition) is 0. The molecule has 0 aromatic carbocycles. The molecule has 0 spiro atoms. The Morgan fingerprint density at radius 3 is 2.59 bits per heavy atom. The van der Waals surface area contributed by atoms with Gasteiger partial charge in [-0.1, -0.05) is 20.3 Å². The van der Waals surface area contributed by atoms with Crippen molar-refractivity contribution in [1.82, 2.24) is 30.0 Å². The lowest BCUT2D eigenvalue weighted by Gasteiger charge is -2.39. The van der Waals surface area contributed by atoms with E-state index in [4.69, 9.17) is 4.42 Å². The van der Waals surface area contributed by atoms with Crippen molar-refractivity contribution < 1.29 is 9.21 Å². The summed E-state index contributed by atoms with van der Waals surface area (Å²) in [6, 6.07) is 3.63. The summed E-state index contributed by atoms with van der Waals surface area (Å²) in [6.07, 6.45) is 4.54. The lowest BCUT2D eigenvalue weighted by atomic mass is 10.0. The molecule has 1 fully saturated rings. The van der Waals surface area contributed by atoms with Gasteiger partial charge in [0.2, 0.25) is 0 Å². The number of aromatic nitrogens is 4. The quantitative estimate of drug-likeness (QED) is 0.741. The molecule has 3 rings (SSSR count). The Morgan fingerprint density at radius 1 is 1.26 bits per heavy atom. The zero-order chi connectivity index (χ0) is 19.4. The van der Waals surface area contributed by atoms with Gasteiger partial charge in [0.05, 0.1) is 17.8 Å². The fraction of sp³-hybridized carbons (Fsp3) is 0.684. The molecule has 1 aliphatic heterocycles. The van der Waals surface area contributed by atoms with E-state index in [2.05, 4.69) is 48.1 Å². The molecule has 0 N–H and O–H groups in total. The lowest BCUT2D eigenvalue weighted by molar-refractivity contribution is 0.0507. The average Bonchev–Trinajstić information content (AvgIpc) is 3.38. The summed E-state index contributed by atoms with van der Waals surface area (Å²) >= 11 is 0. The highest BCUT2D eigenvalue weighted by Gasteiger charge is 2.33. The van der Waals surface area contributed by atoms with Gasteiger partial charge in [-0.15, -0.1) is 5.10 Å². The summed E-state index contributed by atoms with van der Waals surface area (Å²) in [4.78, 5) is 16.8. The van der Waals surface area contributed by atoms with Gasteiger partial charge in [0.15, 0.2) is 11.6 Å². The second kappa shape index (κ2) is 8.21. The maximum atomic E-state index is 12.5. The van der Waals surface area contributed by atoms with Crippen molar-refractivity contribution in [2.75, 3.05) is 26.2 Å². The second-order valence-electron chi connectivity index (χ2n) is 7.72. The van der Waals surface area contributed by atoms with Crippen LogP contribution in [0, 0.1) is 0 Å². The van der Waals surface area contributed by atoms with Crippen LogP contribution in [0.15, 0.2) is 22.8 Å². The number of piperazine rings is 1. The Labute approximate surface area is 160 Å². The third-order valence-corrected chi connectivity index (χ3v) is 5.57. The summed E-state index contributed by atoms with van der Waals surface area (Å²) in [6.45, 7) is 11.6. The molecule has 0 radical (unpaired) electrons. The Hall–Kier alpha value is -2.22. The van der Waals surface area contributed by atoms with Gasteiger partial charge in [-0.2, -0.15) is 0 Å². The third-order valence-electron chi connectivity index (χ3n) is 5.57. The Kier molecular flexibility index (Phi) is 5.94. The van der Waals surface area contributed by atoms with Crippen molar-refractivity contribution in [2.45, 2.75) is 58.5 Å². The highest BCUT2D eigenvalue weighted by molar-refractivity contribution is 5.91. The van der Waals surface area contributed by atoms with Crippen LogP contribution in [0.3, 0.4) is 0 Å². The molecule has 148 valence electrons. The minimum atomic E-state index is -0.123. The smallest absolute Gasteiger partial charge is 0.289 e. The second-order valence-corrected chi connectivity index (χ2v) is 7.72. The van der Waals surface area contributed by atoms with Crippen LogP contribution in [-0.4, -0.2) is 62.1 Å². The fourth-order valence-corrected chi connectivity index (χ4v) is 3.52. The first-order chi connectivity index (χ1) is 13.0. The minimum Gasteiger partial charge on any atom is -0.459 e. The topological polar surface area (TPSA) is 80.3 Å². The fourth-order valence-electron chi connectivity index (χ4n) is 3.52. The summed E-state index contributed by atoms with van der Waals surface area (Å²) < 4.78 is 7.23. The van der Waals surface area contributed by atoms with Crippen LogP contribution in [0.4, 0.5) is 0 Å². The van der Waals surface area contributed by atoms with E-state index in [-0.39, 0.29) is 17.5 Å². The number of nitrogens with zero attached hydrogens (tertiary/aromatic N) is 6. The SMILES string of the molecule is CCCC(c1nnnn1C(C)(C)CC)N1CCN(C(=O)c2ccco2)CC1. The van der Waals surface area contributed by atoms with Crippen molar-refractivity contribution in [3.8, 4) is 0 Å². The maximum absolute atomic E-state index is 12.5. The molecular formula is C19H30N6O2. The predicted molar refractivity (Wildman–Crippen MR) is 101 cm³/mol. The number of hydrogen-bond acceptors (Lipinski definition) is 6. The molecule has 8 nitrogen and oxygen atoms in total. The molecule has 0 saturated carbocycles. The first kappa shape index (κ1) is 19.5. The monoisotopic (exact) mass is 374 g/mol. The van der Waals surface area contributed by atoms with Crippen LogP contribution in [0.25, 0.3) is 0 Å². The summed E-state index contributed by atoms with van der Waals surface area (Å²) in [5.41, 5.74) is -0.123. The van der Waals surface area contributed by atoms with Crippen LogP contribution >= 0.6 is 0 Å². The van der Waals surface area contributed by atoms with Gasteiger partial charge in [0, 0.05) is 26.2 Å². The van der Waals surface area contributed by atoms with Crippen molar-refractivity contribution in [3.63, 3.8) is 0 Å². The normalized spacial score (nSPS) is 17.3. The van der Waals surface area contributed by atoms with Gasteiger partial charge in [-0.05, 0) is 49.2 Å². The molecule has 8 heteroatoms. The van der Waals surface area contributed by atoms with E-state index in [9.17, 15) is 4.79 Å². The zero-order valence-corrected chi connectivity index (χ0v) is 16.8. The number of rotatable bonds is 7. The average molecular weight is 374 g/mol. The summed E-state index contributed by atoms with van der Waals surface area (Å²) in [5, 5.41) is 12.6. The van der Waals surface area contributed by atoms with Gasteiger partial charge >= 0.3 is 0 Å². The van der Waals surface area contributed by atoms with Crippen molar-refractivity contribution >= 4 is 5.91 Å². The van der Waals surface area contributed by atoms with Crippen LogP contribution in [0.2, 0.25) is 0 Å². The van der Waals surface area contributed by atoms with E-state index in [0.29, 0.717) is 18.8 Å². The number of furan rings is 1. The molecule has 2 aromatic heterocycles. The van der Waals surface area contributed by atoms with E-state index in [1.54, 1.807) is 12.1 Å². The first-order valence-electron chi connectivity index (χ1n) is 9.83. The lowest BCUT2D eigenvalue weighted by Crippen LogP contribution is -2.50. The van der Waals surface area contributed by atoms with E-state index in [0.717, 1.165) is 38.2 Å². The molecule has 1 amide bonds. The third kappa shape index (κ3) is 4.05. The highest BCUT2D eigenvalue weighted by Crippen LogP contribution is 2.29. The molecule has 3 heterocycles. The van der Waals surface area contributed by atoms with Crippen molar-refractivity contribution in [3.05, 3.63) is 30.0 Å². The van der Waals surface area contributed by atoms with E-state index < -0.39 is 0 Å². The molecule has 1 unspecified atom stereocenters. The molecule has 1 saturated heterocycles. The van der Waals surface area contributed by atoms with Gasteiger partial charge < -0.3 is 9.32 Å². The first-order valence-corrected chi connectivity index (χ1v) is 9.83. The Bertz CT molecular complexity index is 731. The molecular weight excluding hydrogens is 344 g/mol. The van der Waals surface area contributed by atoms with E-state index in [1.165, 1.54) is 6.26 Å². The number of tetrazole rings is 1. The van der Waals surface area contributed by atoms with Gasteiger partial charge in [-0.3, -0.25) is 9.69 Å². The molecule has 0 aliphatic carbocycles. The van der Waals surface area contributed by atoms with E-state index >= 15 is 0 Å². The number of carbonyl (C=O) groups excluding carboxylic acids is 1. The van der Waals surface area contributed by atoms with Crippen LogP contribution in [0.1, 0.15) is 69.4 Å². The van der Waals surface area contributed by atoms with Gasteiger partial charge in [-0.25, -0.2) is 4.68 Å². The highest BCUT2D eigenvalue weighted by atomic mass is 16.3. The van der Waals surface area contributed by atoms with Crippen molar-refractivity contribution in [2.24, 2.45) is 0 Å². The van der Waals surface area contributed by atoms with E-state index in [1.807, 2.05) is 9.58 Å². The molecule has 0 bridgehead atoms. The standard InChI is InChI=1S/C19H30N6O2/c1-5-8-15(17-20-21-22-25(17)19(3,4)6-2)23-10-12-24(13-11-23)18(26)16-9-7-14-27-16/h7,9,14-15H,5-6,8,10-13H2,1-4H3. The molecule has 1 atom stereocenters. The Morgan fingerprint density at radius 2 is 2.00 bits per heavy atom. The minimum absolute atomic E-state index is 0.0383. The zero-order valence-electron chi connectivity index (χ0n) is 16.8.